The summed E-state index contributed by atoms with van der Waals surface area (Å²) >= 11 is 0. The molecular formula is C17H20FNO2. The minimum absolute atomic E-state index is 0.0545. The normalized spacial score (nSPS) is 11.9. The molecule has 112 valence electrons. The molecule has 0 aliphatic rings. The molecule has 2 aromatic carbocycles. The molecule has 1 N–H and O–H groups in total. The van der Waals surface area contributed by atoms with Gasteiger partial charge >= 0.3 is 0 Å². The first kappa shape index (κ1) is 15.2. The van der Waals surface area contributed by atoms with Gasteiger partial charge in [0.05, 0.1) is 19.9 Å². The Morgan fingerprint density at radius 2 is 1.67 bits per heavy atom. The molecule has 0 aromatic heterocycles. The fraction of sp³-hybridized carbons (Fsp3) is 0.294. The Morgan fingerprint density at radius 1 is 1.00 bits per heavy atom. The highest BCUT2D eigenvalue weighted by atomic mass is 19.1. The number of hydrogen-bond acceptors (Lipinski definition) is 3. The summed E-state index contributed by atoms with van der Waals surface area (Å²) in [6, 6.07) is 10.8. The van der Waals surface area contributed by atoms with Crippen LogP contribution in [0.3, 0.4) is 0 Å². The summed E-state index contributed by atoms with van der Waals surface area (Å²) in [6.07, 6.45) is 0. The highest BCUT2D eigenvalue weighted by Crippen LogP contribution is 2.30. The fourth-order valence-electron chi connectivity index (χ4n) is 2.20. The number of nitrogens with one attached hydrogen (secondary N) is 1. The van der Waals surface area contributed by atoms with Gasteiger partial charge in [0.25, 0.3) is 0 Å². The highest BCUT2D eigenvalue weighted by molar-refractivity contribution is 5.59. The minimum Gasteiger partial charge on any atom is -0.495 e. The van der Waals surface area contributed by atoms with Crippen LogP contribution in [0.2, 0.25) is 0 Å². The van der Waals surface area contributed by atoms with Crippen LogP contribution in [-0.2, 0) is 0 Å². The zero-order valence-electron chi connectivity index (χ0n) is 12.7. The van der Waals surface area contributed by atoms with Crippen molar-refractivity contribution in [3.05, 3.63) is 53.3 Å². The van der Waals surface area contributed by atoms with Crippen molar-refractivity contribution in [2.45, 2.75) is 19.9 Å². The molecule has 0 spiro atoms. The molecule has 0 bridgehead atoms. The Kier molecular flexibility index (Phi) is 4.68. The topological polar surface area (TPSA) is 30.5 Å². The van der Waals surface area contributed by atoms with Gasteiger partial charge in [0.2, 0.25) is 0 Å². The summed E-state index contributed by atoms with van der Waals surface area (Å²) in [5.74, 6) is 0.653. The molecule has 2 rings (SSSR count). The number of aryl methyl sites for hydroxylation is 1. The molecule has 1 atom stereocenters. The van der Waals surface area contributed by atoms with E-state index in [1.54, 1.807) is 13.2 Å². The van der Waals surface area contributed by atoms with E-state index in [1.165, 1.54) is 13.2 Å². The summed E-state index contributed by atoms with van der Waals surface area (Å²) < 4.78 is 24.1. The van der Waals surface area contributed by atoms with Crippen molar-refractivity contribution in [1.29, 1.82) is 0 Å². The Labute approximate surface area is 124 Å². The second-order valence-electron chi connectivity index (χ2n) is 4.96. The third kappa shape index (κ3) is 3.45. The van der Waals surface area contributed by atoms with Crippen LogP contribution >= 0.6 is 0 Å². The van der Waals surface area contributed by atoms with E-state index in [0.717, 1.165) is 22.6 Å². The lowest BCUT2D eigenvalue weighted by atomic mass is 10.1. The van der Waals surface area contributed by atoms with E-state index >= 15 is 0 Å². The van der Waals surface area contributed by atoms with Crippen molar-refractivity contribution in [1.82, 2.24) is 0 Å². The Balaban J connectivity index is 2.23. The summed E-state index contributed by atoms with van der Waals surface area (Å²) in [4.78, 5) is 0. The largest absolute Gasteiger partial charge is 0.495 e. The van der Waals surface area contributed by atoms with Gasteiger partial charge in [-0.15, -0.1) is 0 Å². The van der Waals surface area contributed by atoms with E-state index in [4.69, 9.17) is 9.47 Å². The Bertz CT molecular complexity index is 628. The molecule has 2 aromatic rings. The molecule has 0 fully saturated rings. The first-order valence-electron chi connectivity index (χ1n) is 6.79. The SMILES string of the molecule is COc1ccc(C(C)Nc2cc(C)ccc2OC)cc1F. The van der Waals surface area contributed by atoms with Crippen molar-refractivity contribution < 1.29 is 13.9 Å². The van der Waals surface area contributed by atoms with Crippen molar-refractivity contribution in [3.63, 3.8) is 0 Å². The van der Waals surface area contributed by atoms with Crippen LogP contribution in [0.1, 0.15) is 24.1 Å². The quantitative estimate of drug-likeness (QED) is 0.889. The average Bonchev–Trinajstić information content (AvgIpc) is 2.47. The van der Waals surface area contributed by atoms with Crippen LogP contribution < -0.4 is 14.8 Å². The van der Waals surface area contributed by atoms with Gasteiger partial charge in [0.1, 0.15) is 5.75 Å². The monoisotopic (exact) mass is 289 g/mol. The maximum absolute atomic E-state index is 13.8. The van der Waals surface area contributed by atoms with Gasteiger partial charge in [-0.3, -0.25) is 0 Å². The second-order valence-corrected chi connectivity index (χ2v) is 4.96. The smallest absolute Gasteiger partial charge is 0.165 e. The molecule has 0 saturated heterocycles. The van der Waals surface area contributed by atoms with E-state index in [2.05, 4.69) is 5.32 Å². The van der Waals surface area contributed by atoms with E-state index < -0.39 is 0 Å². The van der Waals surface area contributed by atoms with Crippen LogP contribution in [0.4, 0.5) is 10.1 Å². The fourth-order valence-corrected chi connectivity index (χ4v) is 2.20. The van der Waals surface area contributed by atoms with Gasteiger partial charge in [-0.05, 0) is 49.2 Å². The zero-order valence-corrected chi connectivity index (χ0v) is 12.7. The first-order chi connectivity index (χ1) is 10.0. The van der Waals surface area contributed by atoms with E-state index in [0.29, 0.717) is 0 Å². The molecule has 0 aliphatic carbocycles. The summed E-state index contributed by atoms with van der Waals surface area (Å²) in [6.45, 7) is 3.99. The highest BCUT2D eigenvalue weighted by Gasteiger charge is 2.12. The molecule has 3 nitrogen and oxygen atoms in total. The minimum atomic E-state index is -0.361. The average molecular weight is 289 g/mol. The maximum Gasteiger partial charge on any atom is 0.165 e. The first-order valence-corrected chi connectivity index (χ1v) is 6.79. The van der Waals surface area contributed by atoms with Crippen LogP contribution in [0.5, 0.6) is 11.5 Å². The number of halogens is 1. The van der Waals surface area contributed by atoms with Crippen molar-refractivity contribution >= 4 is 5.69 Å². The molecule has 0 amide bonds. The van der Waals surface area contributed by atoms with Crippen molar-refractivity contribution in [2.75, 3.05) is 19.5 Å². The second kappa shape index (κ2) is 6.48. The third-order valence-corrected chi connectivity index (χ3v) is 3.40. The van der Waals surface area contributed by atoms with Crippen LogP contribution in [0, 0.1) is 12.7 Å². The number of ether oxygens (including phenoxy) is 2. The molecule has 0 heterocycles. The summed E-state index contributed by atoms with van der Waals surface area (Å²) in [5.41, 5.74) is 2.87. The lowest BCUT2D eigenvalue weighted by molar-refractivity contribution is 0.386. The molecule has 0 radical (unpaired) electrons. The van der Waals surface area contributed by atoms with E-state index in [1.807, 2.05) is 38.1 Å². The number of rotatable bonds is 5. The standard InChI is InChI=1S/C17H20FNO2/c1-11-5-7-17(21-4)15(9-11)19-12(2)13-6-8-16(20-3)14(18)10-13/h5-10,12,19H,1-4H3. The summed E-state index contributed by atoms with van der Waals surface area (Å²) in [7, 11) is 3.09. The van der Waals surface area contributed by atoms with E-state index in [9.17, 15) is 4.39 Å². The zero-order chi connectivity index (χ0) is 15.4. The number of methoxy groups -OCH3 is 2. The lowest BCUT2D eigenvalue weighted by Crippen LogP contribution is -2.08. The van der Waals surface area contributed by atoms with Gasteiger partial charge < -0.3 is 14.8 Å². The molecule has 4 heteroatoms. The van der Waals surface area contributed by atoms with Gasteiger partial charge in [-0.1, -0.05) is 12.1 Å². The van der Waals surface area contributed by atoms with Gasteiger partial charge in [-0.2, -0.15) is 0 Å². The lowest BCUT2D eigenvalue weighted by Gasteiger charge is -2.19. The molecule has 1 unspecified atom stereocenters. The van der Waals surface area contributed by atoms with Gasteiger partial charge in [0.15, 0.2) is 11.6 Å². The third-order valence-electron chi connectivity index (χ3n) is 3.40. The predicted molar refractivity (Wildman–Crippen MR) is 82.7 cm³/mol. The Hall–Kier alpha value is -2.23. The van der Waals surface area contributed by atoms with Gasteiger partial charge in [-0.25, -0.2) is 4.39 Å². The van der Waals surface area contributed by atoms with Crippen LogP contribution in [-0.4, -0.2) is 14.2 Å². The van der Waals surface area contributed by atoms with Crippen LogP contribution in [0.15, 0.2) is 36.4 Å². The van der Waals surface area contributed by atoms with Crippen LogP contribution in [0.25, 0.3) is 0 Å². The Morgan fingerprint density at radius 3 is 2.29 bits per heavy atom. The molecule has 0 aliphatic heterocycles. The van der Waals surface area contributed by atoms with Gasteiger partial charge in [0, 0.05) is 6.04 Å². The van der Waals surface area contributed by atoms with Crippen molar-refractivity contribution in [3.8, 4) is 11.5 Å². The van der Waals surface area contributed by atoms with Crippen molar-refractivity contribution in [2.24, 2.45) is 0 Å². The summed E-state index contributed by atoms with van der Waals surface area (Å²) in [5, 5.41) is 3.35. The molecule has 0 saturated carbocycles. The number of benzene rings is 2. The molecular weight excluding hydrogens is 269 g/mol. The maximum atomic E-state index is 13.8. The van der Waals surface area contributed by atoms with E-state index in [-0.39, 0.29) is 17.6 Å². The number of anilines is 1. The number of hydrogen-bond donors (Lipinski definition) is 1. The predicted octanol–water partition coefficient (Wildman–Crippen LogP) is 4.32. The molecule has 21 heavy (non-hydrogen) atoms.